The molecule has 1 heterocycles. The Kier molecular flexibility index (Phi) is 6.29. The molecule has 0 radical (unpaired) electrons. The number of carbonyl (C=O) groups excluding carboxylic acids is 1. The van der Waals surface area contributed by atoms with Crippen molar-refractivity contribution in [3.8, 4) is 0 Å². The van der Waals surface area contributed by atoms with Crippen LogP contribution in [0.2, 0.25) is 0 Å². The lowest BCUT2D eigenvalue weighted by atomic mass is 9.79. The smallest absolute Gasteiger partial charge is 0.416 e. The van der Waals surface area contributed by atoms with Crippen LogP contribution in [-0.4, -0.2) is 48.8 Å². The summed E-state index contributed by atoms with van der Waals surface area (Å²) in [5.74, 6) is -0.302. The topological polar surface area (TPSA) is 49.8 Å². The molecule has 156 valence electrons. The monoisotopic (exact) mass is 407 g/mol. The number of β-amino-alcohol motifs (C(OH)–C–C–N with tert-alkyl or cyclic N) is 1. The molecule has 0 saturated carbocycles. The Bertz CT molecular complexity index is 823. The lowest BCUT2D eigenvalue weighted by Gasteiger charge is -2.28. The molecule has 29 heavy (non-hydrogen) atoms. The number of likely N-dealkylation sites (tertiary alicyclic amines) is 1. The second kappa shape index (κ2) is 8.55. The van der Waals surface area contributed by atoms with Gasteiger partial charge in [-0.1, -0.05) is 42.5 Å². The number of esters is 1. The third-order valence-corrected chi connectivity index (χ3v) is 5.47. The van der Waals surface area contributed by atoms with Gasteiger partial charge in [-0.3, -0.25) is 9.69 Å². The molecule has 1 N–H and O–H groups in total. The molecule has 7 heteroatoms. The summed E-state index contributed by atoms with van der Waals surface area (Å²) in [6, 6.07) is 14.3. The van der Waals surface area contributed by atoms with E-state index in [1.165, 1.54) is 19.2 Å². The fraction of sp³-hybridized carbons (Fsp3) is 0.409. The zero-order valence-corrected chi connectivity index (χ0v) is 16.2. The number of hydrogen-bond acceptors (Lipinski definition) is 4. The van der Waals surface area contributed by atoms with E-state index in [4.69, 9.17) is 4.74 Å². The Labute approximate surface area is 167 Å². The van der Waals surface area contributed by atoms with Gasteiger partial charge in [0.2, 0.25) is 0 Å². The van der Waals surface area contributed by atoms with Gasteiger partial charge in [0.05, 0.1) is 18.8 Å². The number of rotatable bonds is 6. The zero-order chi connectivity index (χ0) is 21.1. The summed E-state index contributed by atoms with van der Waals surface area (Å²) in [5.41, 5.74) is 0.0314. The predicted octanol–water partition coefficient (Wildman–Crippen LogP) is 3.43. The maximum atomic E-state index is 12.7. The molecule has 1 aliphatic rings. The maximum absolute atomic E-state index is 12.7. The molecule has 0 aliphatic carbocycles. The van der Waals surface area contributed by atoms with Gasteiger partial charge >= 0.3 is 12.1 Å². The molecule has 2 unspecified atom stereocenters. The van der Waals surface area contributed by atoms with Crippen LogP contribution in [0.15, 0.2) is 54.6 Å². The van der Waals surface area contributed by atoms with E-state index < -0.39 is 23.3 Å². The summed E-state index contributed by atoms with van der Waals surface area (Å²) >= 11 is 0. The van der Waals surface area contributed by atoms with Crippen molar-refractivity contribution >= 4 is 5.97 Å². The van der Waals surface area contributed by atoms with E-state index in [9.17, 15) is 23.1 Å². The fourth-order valence-electron chi connectivity index (χ4n) is 3.98. The largest absolute Gasteiger partial charge is 0.468 e. The summed E-state index contributed by atoms with van der Waals surface area (Å²) in [5, 5.41) is 10.4. The number of aliphatic hydroxyl groups is 1. The lowest BCUT2D eigenvalue weighted by molar-refractivity contribution is -0.147. The van der Waals surface area contributed by atoms with Gasteiger partial charge in [-0.05, 0) is 42.6 Å². The Balaban J connectivity index is 1.64. The minimum absolute atomic E-state index is 0.241. The van der Waals surface area contributed by atoms with Crippen molar-refractivity contribution < 1.29 is 27.8 Å². The maximum Gasteiger partial charge on any atom is 0.416 e. The minimum atomic E-state index is -4.37. The molecule has 0 amide bonds. The molecule has 0 bridgehead atoms. The van der Waals surface area contributed by atoms with E-state index in [2.05, 4.69) is 0 Å². The molecule has 3 rings (SSSR count). The minimum Gasteiger partial charge on any atom is -0.468 e. The normalized spacial score (nSPS) is 21.1. The van der Waals surface area contributed by atoms with Crippen LogP contribution in [0.3, 0.4) is 0 Å². The molecule has 0 spiro atoms. The van der Waals surface area contributed by atoms with Crippen LogP contribution in [0, 0.1) is 0 Å². The van der Waals surface area contributed by atoms with Crippen molar-refractivity contribution in [2.24, 2.45) is 0 Å². The number of methoxy groups -OCH3 is 1. The number of hydrogen-bond donors (Lipinski definition) is 1. The van der Waals surface area contributed by atoms with Gasteiger partial charge in [-0.2, -0.15) is 13.2 Å². The van der Waals surface area contributed by atoms with Gasteiger partial charge in [0, 0.05) is 13.1 Å². The molecule has 2 atom stereocenters. The Morgan fingerprint density at radius 1 is 1.17 bits per heavy atom. The molecule has 1 aliphatic heterocycles. The second-order valence-corrected chi connectivity index (χ2v) is 7.48. The summed E-state index contributed by atoms with van der Waals surface area (Å²) in [6.07, 6.45) is -4.31. The van der Waals surface area contributed by atoms with Crippen LogP contribution in [0.25, 0.3) is 0 Å². The number of halogens is 3. The Hall–Kier alpha value is -2.38. The van der Waals surface area contributed by atoms with Crippen LogP contribution in [-0.2, 0) is 27.5 Å². The number of ether oxygens (including phenoxy) is 1. The first kappa shape index (κ1) is 21.3. The Morgan fingerprint density at radius 2 is 1.83 bits per heavy atom. The number of carbonyl (C=O) groups is 1. The van der Waals surface area contributed by atoms with Crippen LogP contribution in [0.5, 0.6) is 0 Å². The third-order valence-electron chi connectivity index (χ3n) is 5.47. The molecule has 2 aromatic rings. The molecule has 4 nitrogen and oxygen atoms in total. The number of nitrogens with zero attached hydrogens (tertiary/aromatic N) is 1. The van der Waals surface area contributed by atoms with E-state index in [1.54, 1.807) is 0 Å². The van der Waals surface area contributed by atoms with Gasteiger partial charge in [0.25, 0.3) is 0 Å². The van der Waals surface area contributed by atoms with E-state index in [1.807, 2.05) is 35.2 Å². The van der Waals surface area contributed by atoms with Gasteiger partial charge in [0.1, 0.15) is 5.41 Å². The van der Waals surface area contributed by atoms with E-state index >= 15 is 0 Å². The predicted molar refractivity (Wildman–Crippen MR) is 102 cm³/mol. The van der Waals surface area contributed by atoms with Crippen molar-refractivity contribution in [1.82, 2.24) is 4.90 Å². The first-order valence-corrected chi connectivity index (χ1v) is 9.45. The average molecular weight is 407 g/mol. The molecule has 1 saturated heterocycles. The van der Waals surface area contributed by atoms with Crippen molar-refractivity contribution in [3.05, 3.63) is 71.3 Å². The van der Waals surface area contributed by atoms with Gasteiger partial charge < -0.3 is 9.84 Å². The third kappa shape index (κ3) is 4.79. The molecular formula is C22H24F3NO3. The number of alkyl halides is 3. The van der Waals surface area contributed by atoms with Crippen LogP contribution >= 0.6 is 0 Å². The highest BCUT2D eigenvalue weighted by atomic mass is 19.4. The first-order chi connectivity index (χ1) is 13.7. The van der Waals surface area contributed by atoms with E-state index in [-0.39, 0.29) is 12.4 Å². The van der Waals surface area contributed by atoms with E-state index in [0.717, 1.165) is 17.7 Å². The summed E-state index contributed by atoms with van der Waals surface area (Å²) in [6.45, 7) is 1.37. The van der Waals surface area contributed by atoms with Crippen molar-refractivity contribution in [1.29, 1.82) is 0 Å². The summed E-state index contributed by atoms with van der Waals surface area (Å²) in [7, 11) is 1.37. The highest BCUT2D eigenvalue weighted by Gasteiger charge is 2.47. The molecular weight excluding hydrogens is 383 g/mol. The van der Waals surface area contributed by atoms with Crippen molar-refractivity contribution in [3.63, 3.8) is 0 Å². The van der Waals surface area contributed by atoms with Crippen LogP contribution in [0.1, 0.15) is 23.1 Å². The standard InChI is InChI=1S/C22H24F3NO3/c1-29-20(28)21(17-5-3-2-4-6-17)11-12-26(15-21)14-19(27)13-16-7-9-18(10-8-16)22(23,24)25/h2-10,19,27H,11-15H2,1H3. The zero-order valence-electron chi connectivity index (χ0n) is 16.2. The number of benzene rings is 2. The average Bonchev–Trinajstić information content (AvgIpc) is 3.12. The van der Waals surface area contributed by atoms with Crippen molar-refractivity contribution in [2.75, 3.05) is 26.7 Å². The number of aliphatic hydroxyl groups excluding tert-OH is 1. The fourth-order valence-corrected chi connectivity index (χ4v) is 3.98. The quantitative estimate of drug-likeness (QED) is 0.746. The SMILES string of the molecule is COC(=O)C1(c2ccccc2)CCN(CC(O)Cc2ccc(C(F)(F)F)cc2)C1. The van der Waals surface area contributed by atoms with Gasteiger partial charge in [0.15, 0.2) is 0 Å². The van der Waals surface area contributed by atoms with Gasteiger partial charge in [-0.15, -0.1) is 0 Å². The summed E-state index contributed by atoms with van der Waals surface area (Å²) in [4.78, 5) is 14.6. The highest BCUT2D eigenvalue weighted by molar-refractivity contribution is 5.84. The lowest BCUT2D eigenvalue weighted by Crippen LogP contribution is -2.41. The molecule has 1 fully saturated rings. The Morgan fingerprint density at radius 3 is 2.41 bits per heavy atom. The second-order valence-electron chi connectivity index (χ2n) is 7.48. The van der Waals surface area contributed by atoms with Crippen LogP contribution < -0.4 is 0 Å². The molecule has 0 aromatic heterocycles. The highest BCUT2D eigenvalue weighted by Crippen LogP contribution is 2.36. The van der Waals surface area contributed by atoms with Crippen LogP contribution in [0.4, 0.5) is 13.2 Å². The molecule has 2 aromatic carbocycles. The summed E-state index contributed by atoms with van der Waals surface area (Å²) < 4.78 is 43.1. The van der Waals surface area contributed by atoms with Crippen molar-refractivity contribution in [2.45, 2.75) is 30.5 Å². The van der Waals surface area contributed by atoms with E-state index in [0.29, 0.717) is 31.6 Å². The van der Waals surface area contributed by atoms with Gasteiger partial charge in [-0.25, -0.2) is 0 Å². The first-order valence-electron chi connectivity index (χ1n) is 9.45.